The van der Waals surface area contributed by atoms with Gasteiger partial charge in [-0.15, -0.1) is 0 Å². The number of hydrogen-bond donors (Lipinski definition) is 1. The van der Waals surface area contributed by atoms with Crippen LogP contribution in [0.5, 0.6) is 0 Å². The SMILES string of the molecule is O=c1[nH]c(-c2cc(Cl)ccc2Cl)nc(C2CC2)c1Br. The third kappa shape index (κ3) is 2.57. The number of rotatable bonds is 2. The lowest BCUT2D eigenvalue weighted by Crippen LogP contribution is -2.13. The highest BCUT2D eigenvalue weighted by atomic mass is 79.9. The van der Waals surface area contributed by atoms with Gasteiger partial charge in [-0.2, -0.15) is 0 Å². The summed E-state index contributed by atoms with van der Waals surface area (Å²) in [4.78, 5) is 19.2. The Hall–Kier alpha value is -0.840. The molecule has 19 heavy (non-hydrogen) atoms. The first-order valence-corrected chi connectivity index (χ1v) is 7.36. The van der Waals surface area contributed by atoms with Gasteiger partial charge < -0.3 is 4.98 Å². The van der Waals surface area contributed by atoms with Crippen LogP contribution in [0.2, 0.25) is 10.0 Å². The van der Waals surface area contributed by atoms with E-state index < -0.39 is 0 Å². The number of nitrogens with one attached hydrogen (secondary N) is 1. The second-order valence-corrected chi connectivity index (χ2v) is 6.15. The Morgan fingerprint density at radius 2 is 2.05 bits per heavy atom. The predicted molar refractivity (Wildman–Crippen MR) is 80.0 cm³/mol. The first kappa shape index (κ1) is 13.2. The maximum Gasteiger partial charge on any atom is 0.265 e. The van der Waals surface area contributed by atoms with Gasteiger partial charge in [0.05, 0.1) is 10.7 Å². The fourth-order valence-electron chi connectivity index (χ4n) is 1.91. The zero-order valence-corrected chi connectivity index (χ0v) is 12.8. The van der Waals surface area contributed by atoms with Crippen LogP contribution in [0.3, 0.4) is 0 Å². The second kappa shape index (κ2) is 4.93. The lowest BCUT2D eigenvalue weighted by Gasteiger charge is -2.07. The van der Waals surface area contributed by atoms with Crippen LogP contribution in [0.25, 0.3) is 11.4 Å². The van der Waals surface area contributed by atoms with E-state index in [9.17, 15) is 4.79 Å². The van der Waals surface area contributed by atoms with E-state index in [1.165, 1.54) is 0 Å². The third-order valence-electron chi connectivity index (χ3n) is 3.04. The molecule has 1 N–H and O–H groups in total. The average Bonchev–Trinajstić information content (AvgIpc) is 3.20. The molecule has 1 heterocycles. The van der Waals surface area contributed by atoms with Crippen molar-refractivity contribution in [3.63, 3.8) is 0 Å². The van der Waals surface area contributed by atoms with Gasteiger partial charge in [0.15, 0.2) is 0 Å². The normalized spacial score (nSPS) is 14.7. The minimum Gasteiger partial charge on any atom is -0.305 e. The van der Waals surface area contributed by atoms with Crippen molar-refractivity contribution in [1.82, 2.24) is 9.97 Å². The van der Waals surface area contributed by atoms with Crippen LogP contribution in [0.4, 0.5) is 0 Å². The van der Waals surface area contributed by atoms with Crippen molar-refractivity contribution in [2.45, 2.75) is 18.8 Å². The lowest BCUT2D eigenvalue weighted by atomic mass is 10.2. The summed E-state index contributed by atoms with van der Waals surface area (Å²) in [6.07, 6.45) is 2.13. The minimum absolute atomic E-state index is 0.192. The van der Waals surface area contributed by atoms with Gasteiger partial charge in [0.1, 0.15) is 10.3 Å². The lowest BCUT2D eigenvalue weighted by molar-refractivity contribution is 0.960. The van der Waals surface area contributed by atoms with Gasteiger partial charge in [0, 0.05) is 16.5 Å². The topological polar surface area (TPSA) is 45.8 Å². The summed E-state index contributed by atoms with van der Waals surface area (Å²) in [7, 11) is 0. The molecule has 0 aliphatic heterocycles. The minimum atomic E-state index is -0.192. The van der Waals surface area contributed by atoms with Crippen LogP contribution in [0, 0.1) is 0 Å². The highest BCUT2D eigenvalue weighted by Crippen LogP contribution is 2.42. The number of hydrogen-bond acceptors (Lipinski definition) is 2. The smallest absolute Gasteiger partial charge is 0.265 e. The largest absolute Gasteiger partial charge is 0.305 e. The molecule has 0 radical (unpaired) electrons. The van der Waals surface area contributed by atoms with E-state index in [4.69, 9.17) is 23.2 Å². The van der Waals surface area contributed by atoms with Crippen LogP contribution < -0.4 is 5.56 Å². The molecule has 1 saturated carbocycles. The number of halogens is 3. The van der Waals surface area contributed by atoms with E-state index in [1.54, 1.807) is 18.2 Å². The van der Waals surface area contributed by atoms with Gasteiger partial charge in [-0.1, -0.05) is 23.2 Å². The summed E-state index contributed by atoms with van der Waals surface area (Å²) >= 11 is 15.4. The summed E-state index contributed by atoms with van der Waals surface area (Å²) in [6.45, 7) is 0. The maximum absolute atomic E-state index is 11.9. The van der Waals surface area contributed by atoms with Crippen LogP contribution in [-0.4, -0.2) is 9.97 Å². The van der Waals surface area contributed by atoms with Crippen LogP contribution in [-0.2, 0) is 0 Å². The van der Waals surface area contributed by atoms with Crippen molar-refractivity contribution >= 4 is 39.1 Å². The van der Waals surface area contributed by atoms with E-state index in [0.717, 1.165) is 18.5 Å². The fraction of sp³-hybridized carbons (Fsp3) is 0.231. The fourth-order valence-corrected chi connectivity index (χ4v) is 2.80. The zero-order chi connectivity index (χ0) is 13.6. The molecule has 3 nitrogen and oxygen atoms in total. The molecular formula is C13H9BrCl2N2O. The van der Waals surface area contributed by atoms with E-state index in [-0.39, 0.29) is 5.56 Å². The molecule has 1 aliphatic rings. The van der Waals surface area contributed by atoms with Crippen molar-refractivity contribution in [1.29, 1.82) is 0 Å². The molecule has 0 amide bonds. The molecule has 0 spiro atoms. The molecule has 1 aromatic carbocycles. The molecule has 6 heteroatoms. The molecule has 0 bridgehead atoms. The molecule has 98 valence electrons. The Balaban J connectivity index is 2.20. The monoisotopic (exact) mass is 358 g/mol. The van der Waals surface area contributed by atoms with Crippen molar-refractivity contribution in [2.24, 2.45) is 0 Å². The van der Waals surface area contributed by atoms with E-state index in [1.807, 2.05) is 0 Å². The van der Waals surface area contributed by atoms with Crippen molar-refractivity contribution < 1.29 is 0 Å². The van der Waals surface area contributed by atoms with E-state index in [0.29, 0.717) is 31.8 Å². The highest BCUT2D eigenvalue weighted by Gasteiger charge is 2.29. The molecular weight excluding hydrogens is 351 g/mol. The van der Waals surface area contributed by atoms with Crippen molar-refractivity contribution in [2.75, 3.05) is 0 Å². The third-order valence-corrected chi connectivity index (χ3v) is 4.37. The molecule has 1 fully saturated rings. The maximum atomic E-state index is 11.9. The van der Waals surface area contributed by atoms with Crippen LogP contribution in [0.15, 0.2) is 27.5 Å². The van der Waals surface area contributed by atoms with Gasteiger partial charge in [0.25, 0.3) is 5.56 Å². The molecule has 0 saturated heterocycles. The van der Waals surface area contributed by atoms with E-state index >= 15 is 0 Å². The quantitative estimate of drug-likeness (QED) is 0.864. The number of H-pyrrole nitrogens is 1. The van der Waals surface area contributed by atoms with E-state index in [2.05, 4.69) is 25.9 Å². The van der Waals surface area contributed by atoms with Gasteiger partial charge in [-0.25, -0.2) is 4.98 Å². The number of nitrogens with zero attached hydrogens (tertiary/aromatic N) is 1. The molecule has 0 unspecified atom stereocenters. The first-order valence-electron chi connectivity index (χ1n) is 5.81. The summed E-state index contributed by atoms with van der Waals surface area (Å²) in [5.74, 6) is 0.830. The summed E-state index contributed by atoms with van der Waals surface area (Å²) < 4.78 is 0.511. The Labute approximate surface area is 128 Å². The Morgan fingerprint density at radius 3 is 2.74 bits per heavy atom. The highest BCUT2D eigenvalue weighted by molar-refractivity contribution is 9.10. The second-order valence-electron chi connectivity index (χ2n) is 4.51. The zero-order valence-electron chi connectivity index (χ0n) is 9.71. The standard InChI is InChI=1S/C13H9BrCl2N2O/c14-10-11(6-1-2-6)17-12(18-13(10)19)8-5-7(15)3-4-9(8)16/h3-6H,1-2H2,(H,17,18,19). The summed E-state index contributed by atoms with van der Waals surface area (Å²) in [5, 5.41) is 1.06. The number of aromatic amines is 1. The van der Waals surface area contributed by atoms with Crippen LogP contribution in [0.1, 0.15) is 24.5 Å². The Kier molecular flexibility index (Phi) is 3.41. The Bertz CT molecular complexity index is 710. The first-order chi connectivity index (χ1) is 9.06. The Morgan fingerprint density at radius 1 is 1.32 bits per heavy atom. The van der Waals surface area contributed by atoms with Crippen LogP contribution >= 0.6 is 39.1 Å². The number of aromatic nitrogens is 2. The van der Waals surface area contributed by atoms with Crippen molar-refractivity contribution in [3.05, 3.63) is 48.8 Å². The molecule has 2 aromatic rings. The summed E-state index contributed by atoms with van der Waals surface area (Å²) in [6, 6.07) is 5.09. The van der Waals surface area contributed by atoms with Gasteiger partial charge in [-0.3, -0.25) is 4.79 Å². The molecule has 0 atom stereocenters. The van der Waals surface area contributed by atoms with Crippen molar-refractivity contribution in [3.8, 4) is 11.4 Å². The van der Waals surface area contributed by atoms with Gasteiger partial charge >= 0.3 is 0 Å². The van der Waals surface area contributed by atoms with Gasteiger partial charge in [0.2, 0.25) is 0 Å². The molecule has 3 rings (SSSR count). The average molecular weight is 360 g/mol. The van der Waals surface area contributed by atoms with Gasteiger partial charge in [-0.05, 0) is 47.0 Å². The number of benzene rings is 1. The predicted octanol–water partition coefficient (Wildman–Crippen LogP) is 4.38. The summed E-state index contributed by atoms with van der Waals surface area (Å²) in [5.41, 5.74) is 1.25. The molecule has 1 aliphatic carbocycles. The molecule has 1 aromatic heterocycles.